The van der Waals surface area contributed by atoms with Gasteiger partial charge in [0.15, 0.2) is 5.13 Å². The van der Waals surface area contributed by atoms with Crippen LogP contribution in [0.25, 0.3) is 5.82 Å². The number of nitrogens with one attached hydrogen (secondary N) is 1. The maximum absolute atomic E-state index is 12.6. The van der Waals surface area contributed by atoms with Crippen LogP contribution in [0.15, 0.2) is 37.3 Å². The Morgan fingerprint density at radius 3 is 2.96 bits per heavy atom. The summed E-state index contributed by atoms with van der Waals surface area (Å²) in [5, 5.41) is 3.60. The van der Waals surface area contributed by atoms with Crippen LogP contribution >= 0.6 is 11.3 Å². The maximum atomic E-state index is 12.6. The van der Waals surface area contributed by atoms with E-state index in [0.29, 0.717) is 11.7 Å². The topological polar surface area (TPSA) is 88.8 Å². The molecule has 0 saturated carbocycles. The molecule has 1 fully saturated rings. The molecule has 134 valence electrons. The molecule has 1 aliphatic heterocycles. The van der Waals surface area contributed by atoms with Crippen LogP contribution in [0.1, 0.15) is 17.7 Å². The SMILES string of the molecule is Cc1cnc(NC(=O)C2CCCN(c3cc(-n4ccnc4)ncn3)C2)s1. The summed E-state index contributed by atoms with van der Waals surface area (Å²) < 4.78 is 1.84. The zero-order valence-corrected chi connectivity index (χ0v) is 15.2. The molecule has 1 aliphatic rings. The van der Waals surface area contributed by atoms with Crippen molar-refractivity contribution in [3.63, 3.8) is 0 Å². The first kappa shape index (κ1) is 16.6. The Morgan fingerprint density at radius 2 is 2.19 bits per heavy atom. The predicted molar refractivity (Wildman–Crippen MR) is 99.6 cm³/mol. The van der Waals surface area contributed by atoms with Gasteiger partial charge in [-0.15, -0.1) is 11.3 Å². The largest absolute Gasteiger partial charge is 0.356 e. The minimum atomic E-state index is -0.0837. The molecule has 0 aliphatic carbocycles. The van der Waals surface area contributed by atoms with E-state index in [9.17, 15) is 4.79 Å². The highest BCUT2D eigenvalue weighted by atomic mass is 32.1. The van der Waals surface area contributed by atoms with Gasteiger partial charge in [-0.3, -0.25) is 9.36 Å². The van der Waals surface area contributed by atoms with Gasteiger partial charge in [-0.1, -0.05) is 0 Å². The van der Waals surface area contributed by atoms with Crippen molar-refractivity contribution < 1.29 is 4.79 Å². The lowest BCUT2D eigenvalue weighted by Gasteiger charge is -2.32. The fourth-order valence-corrected chi connectivity index (χ4v) is 3.73. The van der Waals surface area contributed by atoms with Gasteiger partial charge in [-0.25, -0.2) is 19.9 Å². The Bertz CT molecular complexity index is 892. The minimum Gasteiger partial charge on any atom is -0.356 e. The normalized spacial score (nSPS) is 17.3. The standard InChI is InChI=1S/C17H19N7OS/c1-12-8-19-17(26-12)22-16(25)13-3-2-5-23(9-13)14-7-15(21-10-20-14)24-6-4-18-11-24/h4,6-8,10-11,13H,2-3,5,9H2,1H3,(H,19,22,25). The van der Waals surface area contributed by atoms with Gasteiger partial charge in [0.05, 0.1) is 5.92 Å². The lowest BCUT2D eigenvalue weighted by Crippen LogP contribution is -2.41. The Kier molecular flexibility index (Phi) is 4.61. The smallest absolute Gasteiger partial charge is 0.231 e. The first-order valence-corrected chi connectivity index (χ1v) is 9.29. The van der Waals surface area contributed by atoms with Crippen LogP contribution in [0, 0.1) is 12.8 Å². The monoisotopic (exact) mass is 369 g/mol. The molecular weight excluding hydrogens is 350 g/mol. The number of nitrogens with zero attached hydrogens (tertiary/aromatic N) is 6. The van der Waals surface area contributed by atoms with Crippen molar-refractivity contribution in [2.45, 2.75) is 19.8 Å². The summed E-state index contributed by atoms with van der Waals surface area (Å²) in [4.78, 5) is 32.8. The first-order chi connectivity index (χ1) is 12.7. The molecule has 1 unspecified atom stereocenters. The molecule has 1 saturated heterocycles. The van der Waals surface area contributed by atoms with E-state index in [1.54, 1.807) is 25.0 Å². The fourth-order valence-electron chi connectivity index (χ4n) is 3.07. The highest BCUT2D eigenvalue weighted by Gasteiger charge is 2.27. The van der Waals surface area contributed by atoms with E-state index >= 15 is 0 Å². The number of amides is 1. The van der Waals surface area contributed by atoms with Crippen molar-refractivity contribution in [3.05, 3.63) is 42.2 Å². The lowest BCUT2D eigenvalue weighted by molar-refractivity contribution is -0.120. The van der Waals surface area contributed by atoms with E-state index in [4.69, 9.17) is 0 Å². The molecule has 1 atom stereocenters. The van der Waals surface area contributed by atoms with Gasteiger partial charge in [-0.2, -0.15) is 0 Å². The number of carbonyl (C=O) groups is 1. The summed E-state index contributed by atoms with van der Waals surface area (Å²) in [5.74, 6) is 1.52. The van der Waals surface area contributed by atoms with Gasteiger partial charge in [0.2, 0.25) is 5.91 Å². The number of hydrogen-bond acceptors (Lipinski definition) is 7. The van der Waals surface area contributed by atoms with Gasteiger partial charge in [0.1, 0.15) is 24.3 Å². The first-order valence-electron chi connectivity index (χ1n) is 8.47. The van der Waals surface area contributed by atoms with Crippen molar-refractivity contribution in [3.8, 4) is 5.82 Å². The number of piperidine rings is 1. The van der Waals surface area contributed by atoms with Gasteiger partial charge in [0, 0.05) is 42.6 Å². The van der Waals surface area contributed by atoms with Crippen LogP contribution in [0.2, 0.25) is 0 Å². The summed E-state index contributed by atoms with van der Waals surface area (Å²) >= 11 is 1.49. The fraction of sp³-hybridized carbons (Fsp3) is 0.353. The third-order valence-corrected chi connectivity index (χ3v) is 5.20. The molecule has 0 bridgehead atoms. The summed E-state index contributed by atoms with van der Waals surface area (Å²) in [6.45, 7) is 3.49. The predicted octanol–water partition coefficient (Wildman–Crippen LogP) is 2.28. The summed E-state index contributed by atoms with van der Waals surface area (Å²) in [5.41, 5.74) is 0. The van der Waals surface area contributed by atoms with E-state index in [0.717, 1.165) is 35.9 Å². The van der Waals surface area contributed by atoms with E-state index in [1.165, 1.54) is 11.3 Å². The number of hydrogen-bond donors (Lipinski definition) is 1. The van der Waals surface area contributed by atoms with Crippen LogP contribution in [-0.4, -0.2) is 43.5 Å². The molecule has 1 amide bonds. The molecule has 0 spiro atoms. The molecule has 26 heavy (non-hydrogen) atoms. The number of aromatic nitrogens is 5. The number of carbonyl (C=O) groups excluding carboxylic acids is 1. The number of rotatable bonds is 4. The zero-order chi connectivity index (χ0) is 17.9. The molecule has 3 aromatic rings. The summed E-state index contributed by atoms with van der Waals surface area (Å²) in [6.07, 6.45) is 10.4. The second-order valence-electron chi connectivity index (χ2n) is 6.25. The van der Waals surface area contributed by atoms with Crippen LogP contribution in [-0.2, 0) is 4.79 Å². The van der Waals surface area contributed by atoms with Crippen molar-refractivity contribution in [2.75, 3.05) is 23.3 Å². The van der Waals surface area contributed by atoms with E-state index in [-0.39, 0.29) is 11.8 Å². The highest BCUT2D eigenvalue weighted by molar-refractivity contribution is 7.15. The Balaban J connectivity index is 1.46. The van der Waals surface area contributed by atoms with Gasteiger partial charge in [0.25, 0.3) is 0 Å². The van der Waals surface area contributed by atoms with Crippen molar-refractivity contribution in [1.29, 1.82) is 0 Å². The Morgan fingerprint density at radius 1 is 1.31 bits per heavy atom. The number of thiazole rings is 1. The van der Waals surface area contributed by atoms with E-state index in [2.05, 4.69) is 30.2 Å². The van der Waals surface area contributed by atoms with Crippen LogP contribution in [0.4, 0.5) is 10.9 Å². The van der Waals surface area contributed by atoms with Crippen molar-refractivity contribution >= 4 is 28.2 Å². The van der Waals surface area contributed by atoms with Crippen molar-refractivity contribution in [1.82, 2.24) is 24.5 Å². The average molecular weight is 369 g/mol. The quantitative estimate of drug-likeness (QED) is 0.759. The van der Waals surface area contributed by atoms with Crippen LogP contribution in [0.5, 0.6) is 0 Å². The second kappa shape index (κ2) is 7.20. The summed E-state index contributed by atoms with van der Waals surface area (Å²) in [7, 11) is 0. The lowest BCUT2D eigenvalue weighted by atomic mass is 9.97. The molecule has 4 rings (SSSR count). The Hall–Kier alpha value is -2.81. The molecule has 4 heterocycles. The molecular formula is C17H19N7OS. The zero-order valence-electron chi connectivity index (χ0n) is 14.4. The number of anilines is 2. The van der Waals surface area contributed by atoms with Crippen LogP contribution < -0.4 is 10.2 Å². The van der Waals surface area contributed by atoms with Gasteiger partial charge in [-0.05, 0) is 19.8 Å². The van der Waals surface area contributed by atoms with E-state index in [1.807, 2.05) is 23.8 Å². The van der Waals surface area contributed by atoms with Gasteiger partial charge < -0.3 is 10.2 Å². The molecule has 8 nitrogen and oxygen atoms in total. The average Bonchev–Trinajstić information content (AvgIpc) is 3.34. The molecule has 3 aromatic heterocycles. The number of imidazole rings is 1. The number of aryl methyl sites for hydroxylation is 1. The van der Waals surface area contributed by atoms with E-state index < -0.39 is 0 Å². The summed E-state index contributed by atoms with van der Waals surface area (Å²) in [6, 6.07) is 1.92. The van der Waals surface area contributed by atoms with Crippen LogP contribution in [0.3, 0.4) is 0 Å². The van der Waals surface area contributed by atoms with Crippen molar-refractivity contribution in [2.24, 2.45) is 5.92 Å². The minimum absolute atomic E-state index is 0.0212. The molecule has 0 aromatic carbocycles. The third-order valence-electron chi connectivity index (χ3n) is 4.37. The second-order valence-corrected chi connectivity index (χ2v) is 7.49. The highest BCUT2D eigenvalue weighted by Crippen LogP contribution is 2.24. The molecule has 0 radical (unpaired) electrons. The molecule has 9 heteroatoms. The third kappa shape index (κ3) is 3.57. The Labute approximate surface area is 155 Å². The molecule has 1 N–H and O–H groups in total. The van der Waals surface area contributed by atoms with Gasteiger partial charge >= 0.3 is 0 Å². The maximum Gasteiger partial charge on any atom is 0.231 e.